The van der Waals surface area contributed by atoms with E-state index >= 15 is 0 Å². The first kappa shape index (κ1) is 15.8. The van der Waals surface area contributed by atoms with Gasteiger partial charge in [0, 0.05) is 0 Å². The van der Waals surface area contributed by atoms with Crippen LogP contribution in [0.1, 0.15) is 30.9 Å². The number of rotatable bonds is 6. The SMILES string of the molecule is CCOC(=O)[C@]1(CCCc2cccc(C(F)(F)F)c2)CO1. The normalized spacial score (nSPS) is 21.1. The van der Waals surface area contributed by atoms with Gasteiger partial charge >= 0.3 is 12.1 Å². The lowest BCUT2D eigenvalue weighted by Gasteiger charge is -2.11. The Morgan fingerprint density at radius 2 is 2.14 bits per heavy atom. The molecule has 0 saturated carbocycles. The largest absolute Gasteiger partial charge is 0.464 e. The maximum absolute atomic E-state index is 12.6. The van der Waals surface area contributed by atoms with E-state index in [2.05, 4.69) is 0 Å². The van der Waals surface area contributed by atoms with Crippen LogP contribution >= 0.6 is 0 Å². The van der Waals surface area contributed by atoms with Gasteiger partial charge < -0.3 is 9.47 Å². The Morgan fingerprint density at radius 1 is 1.43 bits per heavy atom. The molecule has 0 radical (unpaired) electrons. The van der Waals surface area contributed by atoms with E-state index in [1.165, 1.54) is 6.07 Å². The number of ether oxygens (including phenoxy) is 2. The zero-order chi connectivity index (χ0) is 15.5. The molecule has 1 aromatic carbocycles. The molecule has 0 aliphatic carbocycles. The molecule has 0 N–H and O–H groups in total. The summed E-state index contributed by atoms with van der Waals surface area (Å²) in [6.07, 6.45) is -2.83. The molecule has 21 heavy (non-hydrogen) atoms. The Bertz CT molecular complexity index is 507. The van der Waals surface area contributed by atoms with Crippen molar-refractivity contribution in [3.63, 3.8) is 0 Å². The maximum atomic E-state index is 12.6. The number of benzene rings is 1. The van der Waals surface area contributed by atoms with Crippen LogP contribution in [0.25, 0.3) is 0 Å². The minimum absolute atomic E-state index is 0.289. The highest BCUT2D eigenvalue weighted by Gasteiger charge is 2.52. The van der Waals surface area contributed by atoms with Gasteiger partial charge in [-0.3, -0.25) is 0 Å². The van der Waals surface area contributed by atoms with E-state index in [1.807, 2.05) is 0 Å². The number of esters is 1. The predicted octanol–water partition coefficient (Wildman–Crippen LogP) is 3.36. The van der Waals surface area contributed by atoms with Gasteiger partial charge in [0.25, 0.3) is 0 Å². The van der Waals surface area contributed by atoms with Crippen LogP contribution in [0, 0.1) is 0 Å². The number of aryl methyl sites for hydroxylation is 1. The minimum Gasteiger partial charge on any atom is -0.464 e. The first-order valence-electron chi connectivity index (χ1n) is 6.85. The molecule has 1 heterocycles. The van der Waals surface area contributed by atoms with Crippen molar-refractivity contribution >= 4 is 5.97 Å². The average molecular weight is 302 g/mol. The van der Waals surface area contributed by atoms with Gasteiger partial charge in [-0.25, -0.2) is 4.79 Å². The summed E-state index contributed by atoms with van der Waals surface area (Å²) in [4.78, 5) is 11.7. The first-order valence-corrected chi connectivity index (χ1v) is 6.85. The standard InChI is InChI=1S/C15H17F3O3/c1-2-20-13(19)14(10-21-14)8-4-6-11-5-3-7-12(9-11)15(16,17)18/h3,5,7,9H,2,4,6,8,10H2,1H3/t14-/m0/s1. The third kappa shape index (κ3) is 3.97. The predicted molar refractivity (Wildman–Crippen MR) is 69.7 cm³/mol. The Labute approximate surface area is 121 Å². The van der Waals surface area contributed by atoms with E-state index < -0.39 is 17.3 Å². The van der Waals surface area contributed by atoms with Gasteiger partial charge in [-0.05, 0) is 37.8 Å². The van der Waals surface area contributed by atoms with Crippen LogP contribution < -0.4 is 0 Å². The molecular formula is C15H17F3O3. The zero-order valence-corrected chi connectivity index (χ0v) is 11.7. The van der Waals surface area contributed by atoms with Crippen LogP contribution in [0.15, 0.2) is 24.3 Å². The van der Waals surface area contributed by atoms with Gasteiger partial charge in [0.2, 0.25) is 0 Å². The van der Waals surface area contributed by atoms with Crippen molar-refractivity contribution in [3.05, 3.63) is 35.4 Å². The lowest BCUT2D eigenvalue weighted by molar-refractivity contribution is -0.149. The molecular weight excluding hydrogens is 285 g/mol. The monoisotopic (exact) mass is 302 g/mol. The van der Waals surface area contributed by atoms with E-state index in [0.29, 0.717) is 31.4 Å². The van der Waals surface area contributed by atoms with Crippen LogP contribution in [-0.4, -0.2) is 24.8 Å². The molecule has 116 valence electrons. The van der Waals surface area contributed by atoms with Crippen LogP contribution in [0.3, 0.4) is 0 Å². The Morgan fingerprint density at radius 3 is 2.71 bits per heavy atom. The highest BCUT2D eigenvalue weighted by molar-refractivity contribution is 5.82. The summed E-state index contributed by atoms with van der Waals surface area (Å²) in [5, 5.41) is 0. The molecule has 1 atom stereocenters. The number of carbonyl (C=O) groups is 1. The molecule has 0 aromatic heterocycles. The van der Waals surface area contributed by atoms with Crippen molar-refractivity contribution in [2.75, 3.05) is 13.2 Å². The summed E-state index contributed by atoms with van der Waals surface area (Å²) >= 11 is 0. The van der Waals surface area contributed by atoms with Crippen molar-refractivity contribution < 1.29 is 27.4 Å². The molecule has 3 nitrogen and oxygen atoms in total. The number of carbonyl (C=O) groups excluding carboxylic acids is 1. The number of hydrogen-bond acceptors (Lipinski definition) is 3. The van der Waals surface area contributed by atoms with Crippen molar-refractivity contribution in [1.29, 1.82) is 0 Å². The number of alkyl halides is 3. The van der Waals surface area contributed by atoms with E-state index in [9.17, 15) is 18.0 Å². The Balaban J connectivity index is 1.88. The topological polar surface area (TPSA) is 38.8 Å². The molecule has 0 spiro atoms. The molecule has 1 aliphatic rings. The van der Waals surface area contributed by atoms with Gasteiger partial charge in [-0.15, -0.1) is 0 Å². The maximum Gasteiger partial charge on any atom is 0.416 e. The van der Waals surface area contributed by atoms with Crippen molar-refractivity contribution in [1.82, 2.24) is 0 Å². The van der Waals surface area contributed by atoms with Crippen LogP contribution in [-0.2, 0) is 26.9 Å². The highest BCUT2D eigenvalue weighted by atomic mass is 19.4. The minimum atomic E-state index is -4.33. The van der Waals surface area contributed by atoms with Crippen LogP contribution in [0.4, 0.5) is 13.2 Å². The fraction of sp³-hybridized carbons (Fsp3) is 0.533. The molecule has 1 fully saturated rings. The molecule has 0 bridgehead atoms. The fourth-order valence-corrected chi connectivity index (χ4v) is 2.20. The number of hydrogen-bond donors (Lipinski definition) is 0. The molecule has 1 saturated heterocycles. The lowest BCUT2D eigenvalue weighted by atomic mass is 9.99. The van der Waals surface area contributed by atoms with Crippen molar-refractivity contribution in [2.45, 2.75) is 38.0 Å². The molecule has 1 aliphatic heterocycles. The summed E-state index contributed by atoms with van der Waals surface area (Å²) < 4.78 is 47.9. The third-order valence-electron chi connectivity index (χ3n) is 3.44. The van der Waals surface area contributed by atoms with Gasteiger partial charge in [0.05, 0.1) is 18.8 Å². The smallest absolute Gasteiger partial charge is 0.416 e. The number of epoxide rings is 1. The zero-order valence-electron chi connectivity index (χ0n) is 11.7. The molecule has 0 unspecified atom stereocenters. The Hall–Kier alpha value is -1.56. The molecule has 1 aromatic rings. The Kier molecular flexibility index (Phi) is 4.56. The van der Waals surface area contributed by atoms with E-state index in [0.717, 1.165) is 12.1 Å². The summed E-state index contributed by atoms with van der Waals surface area (Å²) in [5.74, 6) is -0.381. The summed E-state index contributed by atoms with van der Waals surface area (Å²) in [6, 6.07) is 5.24. The van der Waals surface area contributed by atoms with Gasteiger partial charge in [-0.1, -0.05) is 18.2 Å². The summed E-state index contributed by atoms with van der Waals surface area (Å²) in [6.45, 7) is 2.34. The lowest BCUT2D eigenvalue weighted by Crippen LogP contribution is -2.27. The van der Waals surface area contributed by atoms with Crippen LogP contribution in [0.2, 0.25) is 0 Å². The van der Waals surface area contributed by atoms with E-state index in [-0.39, 0.29) is 12.6 Å². The van der Waals surface area contributed by atoms with Gasteiger partial charge in [0.1, 0.15) is 0 Å². The molecule has 2 rings (SSSR count). The summed E-state index contributed by atoms with van der Waals surface area (Å²) in [5.41, 5.74) is -0.912. The van der Waals surface area contributed by atoms with Crippen LogP contribution in [0.5, 0.6) is 0 Å². The molecule has 6 heteroatoms. The molecule has 0 amide bonds. The quantitative estimate of drug-likeness (QED) is 0.597. The highest BCUT2D eigenvalue weighted by Crippen LogP contribution is 2.34. The average Bonchev–Trinajstić information content (AvgIpc) is 3.20. The second kappa shape index (κ2) is 6.05. The van der Waals surface area contributed by atoms with Gasteiger partial charge in [-0.2, -0.15) is 13.2 Å². The fourth-order valence-electron chi connectivity index (χ4n) is 2.20. The van der Waals surface area contributed by atoms with E-state index in [1.54, 1.807) is 13.0 Å². The third-order valence-corrected chi connectivity index (χ3v) is 3.44. The van der Waals surface area contributed by atoms with Gasteiger partial charge in [0.15, 0.2) is 5.60 Å². The van der Waals surface area contributed by atoms with Crippen molar-refractivity contribution in [3.8, 4) is 0 Å². The second-order valence-electron chi connectivity index (χ2n) is 5.06. The summed E-state index contributed by atoms with van der Waals surface area (Å²) in [7, 11) is 0. The second-order valence-corrected chi connectivity index (χ2v) is 5.06. The number of halogens is 3. The van der Waals surface area contributed by atoms with E-state index in [4.69, 9.17) is 9.47 Å². The first-order chi connectivity index (χ1) is 9.87. The van der Waals surface area contributed by atoms with Crippen molar-refractivity contribution in [2.24, 2.45) is 0 Å².